The first-order valence-electron chi connectivity index (χ1n) is 7.14. The van der Waals surface area contributed by atoms with Crippen molar-refractivity contribution in [1.29, 1.82) is 0 Å². The molecule has 1 heterocycles. The molecular weight excluding hydrogens is 324 g/mol. The second-order valence-corrected chi connectivity index (χ2v) is 6.37. The number of rotatable bonds is 2. The zero-order chi connectivity index (χ0) is 14.2. The van der Waals surface area contributed by atoms with E-state index in [2.05, 4.69) is 76.6 Å². The van der Waals surface area contributed by atoms with Gasteiger partial charge in [0, 0.05) is 0 Å². The third-order valence-corrected chi connectivity index (χ3v) is 5.16. The first kappa shape index (κ1) is 13.1. The van der Waals surface area contributed by atoms with E-state index >= 15 is 0 Å². The molecule has 0 aliphatic carbocycles. The van der Waals surface area contributed by atoms with Gasteiger partial charge in [0.05, 0.1) is 18.0 Å². The van der Waals surface area contributed by atoms with Crippen LogP contribution in [0.1, 0.15) is 27.1 Å². The molecule has 0 radical (unpaired) electrons. The Morgan fingerprint density at radius 1 is 0.857 bits per heavy atom. The van der Waals surface area contributed by atoms with Crippen molar-refractivity contribution in [2.75, 3.05) is 0 Å². The Kier molecular flexibility index (Phi) is 3.28. The molecule has 0 bridgehead atoms. The standard InChI is InChI=1S/C19H15BrO/c20-19(14-8-9-15-11-21-12-16(15)10-14)18-7-3-5-13-4-1-2-6-17(13)18/h1-10,19H,11-12H2. The number of alkyl halides is 1. The van der Waals surface area contributed by atoms with Gasteiger partial charge in [0.25, 0.3) is 0 Å². The lowest BCUT2D eigenvalue weighted by atomic mass is 9.96. The van der Waals surface area contributed by atoms with Gasteiger partial charge in [-0.25, -0.2) is 0 Å². The molecule has 1 aliphatic rings. The lowest BCUT2D eigenvalue weighted by Gasteiger charge is -2.14. The Hall–Kier alpha value is -1.64. The minimum Gasteiger partial charge on any atom is -0.372 e. The number of benzene rings is 3. The van der Waals surface area contributed by atoms with Crippen molar-refractivity contribution in [1.82, 2.24) is 0 Å². The SMILES string of the molecule is BrC(c1ccc2c(c1)COC2)c1cccc2ccccc12. The van der Waals surface area contributed by atoms with Crippen molar-refractivity contribution in [2.24, 2.45) is 0 Å². The van der Waals surface area contributed by atoms with Crippen LogP contribution in [0.3, 0.4) is 0 Å². The average molecular weight is 339 g/mol. The topological polar surface area (TPSA) is 9.23 Å². The molecule has 0 fully saturated rings. The molecule has 21 heavy (non-hydrogen) atoms. The fourth-order valence-electron chi connectivity index (χ4n) is 3.00. The quantitative estimate of drug-likeness (QED) is 0.572. The number of fused-ring (bicyclic) bond motifs is 2. The van der Waals surface area contributed by atoms with Crippen LogP contribution in [0.15, 0.2) is 60.7 Å². The summed E-state index contributed by atoms with van der Waals surface area (Å²) in [6.07, 6.45) is 0. The van der Waals surface area contributed by atoms with Gasteiger partial charge in [0.15, 0.2) is 0 Å². The first-order chi connectivity index (χ1) is 10.3. The van der Waals surface area contributed by atoms with Crippen LogP contribution in [-0.2, 0) is 18.0 Å². The van der Waals surface area contributed by atoms with Gasteiger partial charge in [0.1, 0.15) is 0 Å². The predicted molar refractivity (Wildman–Crippen MR) is 89.7 cm³/mol. The third kappa shape index (κ3) is 2.29. The van der Waals surface area contributed by atoms with E-state index in [1.807, 2.05) is 0 Å². The molecule has 4 rings (SSSR count). The van der Waals surface area contributed by atoms with Crippen LogP contribution in [0.5, 0.6) is 0 Å². The summed E-state index contributed by atoms with van der Waals surface area (Å²) < 4.78 is 5.51. The van der Waals surface area contributed by atoms with E-state index in [-0.39, 0.29) is 4.83 Å². The molecule has 1 unspecified atom stereocenters. The molecule has 1 nitrogen and oxygen atoms in total. The van der Waals surface area contributed by atoms with E-state index in [1.165, 1.54) is 33.0 Å². The summed E-state index contributed by atoms with van der Waals surface area (Å²) in [5, 5.41) is 2.59. The maximum Gasteiger partial charge on any atom is 0.0725 e. The van der Waals surface area contributed by atoms with E-state index in [1.54, 1.807) is 0 Å². The lowest BCUT2D eigenvalue weighted by Crippen LogP contribution is -1.96. The van der Waals surface area contributed by atoms with E-state index in [0.29, 0.717) is 0 Å². The number of hydrogen-bond acceptors (Lipinski definition) is 1. The number of hydrogen-bond donors (Lipinski definition) is 0. The Labute approximate surface area is 132 Å². The Morgan fingerprint density at radius 2 is 1.67 bits per heavy atom. The highest BCUT2D eigenvalue weighted by Crippen LogP contribution is 2.36. The summed E-state index contributed by atoms with van der Waals surface area (Å²) in [6.45, 7) is 1.48. The molecule has 0 amide bonds. The average Bonchev–Trinajstić information content (AvgIpc) is 3.01. The van der Waals surface area contributed by atoms with Crippen LogP contribution >= 0.6 is 15.9 Å². The van der Waals surface area contributed by atoms with Crippen molar-refractivity contribution in [2.45, 2.75) is 18.0 Å². The van der Waals surface area contributed by atoms with Gasteiger partial charge in [-0.15, -0.1) is 0 Å². The minimum absolute atomic E-state index is 0.203. The van der Waals surface area contributed by atoms with Crippen molar-refractivity contribution < 1.29 is 4.74 Å². The molecule has 0 spiro atoms. The smallest absolute Gasteiger partial charge is 0.0725 e. The molecule has 104 valence electrons. The van der Waals surface area contributed by atoms with Gasteiger partial charge < -0.3 is 4.74 Å². The second-order valence-electron chi connectivity index (χ2n) is 5.45. The van der Waals surface area contributed by atoms with Crippen LogP contribution in [0.2, 0.25) is 0 Å². The van der Waals surface area contributed by atoms with Gasteiger partial charge in [-0.1, -0.05) is 76.6 Å². The van der Waals surface area contributed by atoms with Crippen molar-refractivity contribution >= 4 is 26.7 Å². The largest absolute Gasteiger partial charge is 0.372 e. The van der Waals surface area contributed by atoms with Crippen LogP contribution < -0.4 is 0 Å². The van der Waals surface area contributed by atoms with Crippen LogP contribution in [0.25, 0.3) is 10.8 Å². The van der Waals surface area contributed by atoms with Gasteiger partial charge in [-0.05, 0) is 33.0 Å². The van der Waals surface area contributed by atoms with Crippen molar-refractivity contribution in [3.8, 4) is 0 Å². The maximum atomic E-state index is 5.51. The highest BCUT2D eigenvalue weighted by molar-refractivity contribution is 9.09. The van der Waals surface area contributed by atoms with Gasteiger partial charge in [-0.2, -0.15) is 0 Å². The van der Waals surface area contributed by atoms with E-state index in [4.69, 9.17) is 4.74 Å². The fourth-order valence-corrected chi connectivity index (χ4v) is 3.68. The van der Waals surface area contributed by atoms with Crippen molar-refractivity contribution in [3.63, 3.8) is 0 Å². The summed E-state index contributed by atoms with van der Waals surface area (Å²) in [7, 11) is 0. The molecule has 1 aliphatic heterocycles. The summed E-state index contributed by atoms with van der Waals surface area (Å²) in [4.78, 5) is 0.203. The summed E-state index contributed by atoms with van der Waals surface area (Å²) in [6, 6.07) is 21.7. The summed E-state index contributed by atoms with van der Waals surface area (Å²) in [5.74, 6) is 0. The van der Waals surface area contributed by atoms with Crippen LogP contribution in [0.4, 0.5) is 0 Å². The molecule has 2 heteroatoms. The normalized spacial score (nSPS) is 15.1. The number of ether oxygens (including phenoxy) is 1. The van der Waals surface area contributed by atoms with Gasteiger partial charge >= 0.3 is 0 Å². The van der Waals surface area contributed by atoms with E-state index in [0.717, 1.165) is 13.2 Å². The molecule has 0 N–H and O–H groups in total. The van der Waals surface area contributed by atoms with Gasteiger partial charge in [0.2, 0.25) is 0 Å². The van der Waals surface area contributed by atoms with Crippen LogP contribution in [0, 0.1) is 0 Å². The minimum atomic E-state index is 0.203. The second kappa shape index (κ2) is 5.28. The molecule has 3 aromatic carbocycles. The van der Waals surface area contributed by atoms with E-state index in [9.17, 15) is 0 Å². The maximum absolute atomic E-state index is 5.51. The highest BCUT2D eigenvalue weighted by atomic mass is 79.9. The molecule has 3 aromatic rings. The molecule has 0 saturated heterocycles. The fraction of sp³-hybridized carbons (Fsp3) is 0.158. The Bertz CT molecular complexity index is 804. The predicted octanol–water partition coefficient (Wildman–Crippen LogP) is 5.35. The third-order valence-electron chi connectivity index (χ3n) is 4.13. The molecule has 0 saturated carbocycles. The monoisotopic (exact) mass is 338 g/mol. The lowest BCUT2D eigenvalue weighted by molar-refractivity contribution is 0.134. The number of halogens is 1. The molecular formula is C19H15BrO. The Balaban J connectivity index is 1.81. The molecule has 0 aromatic heterocycles. The molecule has 1 atom stereocenters. The summed E-state index contributed by atoms with van der Waals surface area (Å²) >= 11 is 3.88. The highest BCUT2D eigenvalue weighted by Gasteiger charge is 2.17. The zero-order valence-electron chi connectivity index (χ0n) is 11.6. The Morgan fingerprint density at radius 3 is 2.62 bits per heavy atom. The van der Waals surface area contributed by atoms with E-state index < -0.39 is 0 Å². The zero-order valence-corrected chi connectivity index (χ0v) is 13.1. The summed E-state index contributed by atoms with van der Waals surface area (Å²) in [5.41, 5.74) is 5.23. The van der Waals surface area contributed by atoms with Crippen LogP contribution in [-0.4, -0.2) is 0 Å². The van der Waals surface area contributed by atoms with Gasteiger partial charge in [-0.3, -0.25) is 0 Å². The van der Waals surface area contributed by atoms with Crippen molar-refractivity contribution in [3.05, 3.63) is 82.9 Å². The first-order valence-corrected chi connectivity index (χ1v) is 8.06.